The van der Waals surface area contributed by atoms with Crippen molar-refractivity contribution in [3.05, 3.63) is 129 Å². The fourth-order valence-corrected chi connectivity index (χ4v) is 13.4. The fourth-order valence-electron chi connectivity index (χ4n) is 12.5. The second-order valence-electron chi connectivity index (χ2n) is 25.8. The van der Waals surface area contributed by atoms with Gasteiger partial charge in [-0.1, -0.05) is 81.4 Å². The Kier molecular flexibility index (Phi) is 22.4. The number of aryl methyl sites for hydroxylation is 2. The summed E-state index contributed by atoms with van der Waals surface area (Å²) in [6, 6.07) is 17.5. The Morgan fingerprint density at radius 2 is 1.20 bits per heavy atom. The summed E-state index contributed by atoms with van der Waals surface area (Å²) >= 11 is 1.07. The highest BCUT2D eigenvalue weighted by Gasteiger charge is 2.48. The van der Waals surface area contributed by atoms with Crippen LogP contribution in [0.3, 0.4) is 0 Å². The van der Waals surface area contributed by atoms with Crippen molar-refractivity contribution in [2.24, 2.45) is 11.1 Å². The maximum Gasteiger partial charge on any atom is 0.251 e. The number of nitrogens with one attached hydrogen (secondary N) is 8. The summed E-state index contributed by atoms with van der Waals surface area (Å²) in [7, 11) is 3.24. The van der Waals surface area contributed by atoms with Gasteiger partial charge >= 0.3 is 0 Å². The zero-order chi connectivity index (χ0) is 65.4. The van der Waals surface area contributed by atoms with Gasteiger partial charge in [-0.3, -0.25) is 43.2 Å². The number of nitrogens with two attached hydrogens (primary N) is 1. The van der Waals surface area contributed by atoms with Crippen LogP contribution >= 0.6 is 11.8 Å². The molecule has 4 aliphatic rings. The van der Waals surface area contributed by atoms with Gasteiger partial charge in [0.1, 0.15) is 24.2 Å². The first kappa shape index (κ1) is 68.2. The van der Waals surface area contributed by atoms with Gasteiger partial charge in [0, 0.05) is 41.4 Å². The molecule has 90 heavy (non-hydrogen) atoms. The van der Waals surface area contributed by atoms with Gasteiger partial charge < -0.3 is 68.3 Å². The van der Waals surface area contributed by atoms with Gasteiger partial charge in [0.25, 0.3) is 5.91 Å². The quantitative estimate of drug-likeness (QED) is 0.0509. The van der Waals surface area contributed by atoms with Crippen LogP contribution in [0.5, 0.6) is 0 Å². The van der Waals surface area contributed by atoms with E-state index in [1.165, 1.54) is 28.0 Å². The average molecular weight is 1260 g/mol. The SMILES string of the molecule is CNC(C)C(=O)NC(C(=O)N1C[C@@H](NC(=O)c2ccc(C(N)=O)c(-c3ccc4c(c3)CN(C(=O)C(NC(=O)C(C)NC)C(C)(C)SCC(=O)NC(CO)CO)C(C(=O)N[C@@H]3CCCc5ccccc53)C4)c2)C[C@H]1C(=O)N[C@@H]1CCCc2ccccc21)C(C)(C)C. The molecule has 4 aromatic rings. The fraction of sp³-hybridized carbons (Fsp3) is 0.507. The number of thioether (sulfide) groups is 1. The van der Waals surface area contributed by atoms with Crippen molar-refractivity contribution in [2.75, 3.05) is 39.6 Å². The second-order valence-corrected chi connectivity index (χ2v) is 27.4. The van der Waals surface area contributed by atoms with Crippen LogP contribution in [0, 0.1) is 5.41 Å². The van der Waals surface area contributed by atoms with Gasteiger partial charge in [-0.15, -0.1) is 11.8 Å². The maximum atomic E-state index is 15.6. The Hall–Kier alpha value is -7.70. The summed E-state index contributed by atoms with van der Waals surface area (Å²) in [4.78, 5) is 131. The molecular formula is C67H89N11O11S. The third kappa shape index (κ3) is 15.9. The maximum absolute atomic E-state index is 15.6. The number of carbonyl (C=O) groups is 9. The molecule has 9 atom stereocenters. The molecule has 0 aromatic heterocycles. The van der Waals surface area contributed by atoms with Gasteiger partial charge in [-0.05, 0) is 161 Å². The van der Waals surface area contributed by atoms with E-state index in [1.54, 1.807) is 53.9 Å². The third-order valence-electron chi connectivity index (χ3n) is 18.0. The lowest BCUT2D eigenvalue weighted by molar-refractivity contribution is -0.145. The minimum Gasteiger partial charge on any atom is -0.394 e. The molecule has 2 aliphatic heterocycles. The number of likely N-dealkylation sites (N-methyl/N-ethyl adjacent to an activating group) is 2. The normalized spacial score (nSPS) is 20.2. The van der Waals surface area contributed by atoms with Gasteiger partial charge in [-0.2, -0.15) is 0 Å². The van der Waals surface area contributed by atoms with Crippen LogP contribution in [0.25, 0.3) is 11.1 Å². The van der Waals surface area contributed by atoms with Crippen LogP contribution in [-0.2, 0) is 59.4 Å². The van der Waals surface area contributed by atoms with Crippen molar-refractivity contribution in [2.45, 2.75) is 172 Å². The largest absolute Gasteiger partial charge is 0.394 e. The summed E-state index contributed by atoms with van der Waals surface area (Å²) < 4.78 is -1.21. The van der Waals surface area contributed by atoms with E-state index in [-0.39, 0.29) is 60.5 Å². The molecule has 0 radical (unpaired) electrons. The minimum absolute atomic E-state index is 0.0474. The Bertz CT molecular complexity index is 3350. The number of likely N-dealkylation sites (tertiary alicyclic amines) is 1. The number of amides is 9. The van der Waals surface area contributed by atoms with Crippen molar-refractivity contribution >= 4 is 64.9 Å². The third-order valence-corrected chi connectivity index (χ3v) is 19.4. The Morgan fingerprint density at radius 3 is 1.76 bits per heavy atom. The van der Waals surface area contributed by atoms with Crippen molar-refractivity contribution in [3.63, 3.8) is 0 Å². The smallest absolute Gasteiger partial charge is 0.251 e. The van der Waals surface area contributed by atoms with Crippen LogP contribution < -0.4 is 48.3 Å². The highest BCUT2D eigenvalue weighted by Crippen LogP contribution is 2.37. The van der Waals surface area contributed by atoms with Crippen LogP contribution in [0.15, 0.2) is 84.9 Å². The summed E-state index contributed by atoms with van der Waals surface area (Å²) in [5.74, 6) is -4.92. The van der Waals surface area contributed by atoms with E-state index < -0.39 is 125 Å². The molecule has 1 fully saturated rings. The number of primary amides is 1. The molecule has 484 valence electrons. The minimum atomic E-state index is -1.32. The monoisotopic (exact) mass is 1260 g/mol. The highest BCUT2D eigenvalue weighted by molar-refractivity contribution is 8.01. The van der Waals surface area contributed by atoms with Gasteiger partial charge in [0.15, 0.2) is 0 Å². The first-order valence-electron chi connectivity index (χ1n) is 31.1. The second kappa shape index (κ2) is 29.5. The van der Waals surface area contributed by atoms with E-state index in [1.807, 2.05) is 75.4 Å². The standard InChI is InChI=1S/C67H89N11O11S/c1-37(69-8)59(83)75-56(66(3,4)5)64(88)78-33-45(31-54(78)63(87)74-52-23-15-19-40-17-11-13-21-48(40)52)72-61(85)43-26-27-49(58(68)82)50(29-43)42-25-24-41-30-53(62(86)73-51-22-14-18-39-16-10-12-20-47(39)51)77(32-44(41)28-42)65(89)57(76-60(84)38(2)70-9)67(6,7)90-36-55(81)71-46(34-79)35-80/h10-13,16-17,20-21,24-29,37-38,45-46,51-54,56-57,69-70,79-80H,14-15,18-19,22-23,30-36H2,1-9H3,(H2,68,82)(H,71,81)(H,72,85)(H,73,86)(H,74,87)(H,75,83)(H,76,84)/t37?,38?,45-,51+,52+,53?,54-,56?,57?/m0/s1. The Balaban J connectivity index is 1.11. The topological polar surface area (TPSA) is 323 Å². The first-order valence-corrected chi connectivity index (χ1v) is 32.1. The predicted octanol–water partition coefficient (Wildman–Crippen LogP) is 3.01. The number of rotatable bonds is 23. The summed E-state index contributed by atoms with van der Waals surface area (Å²) in [5, 5.41) is 43.1. The van der Waals surface area contributed by atoms with Crippen LogP contribution in [0.2, 0.25) is 0 Å². The van der Waals surface area contributed by atoms with Crippen molar-refractivity contribution in [3.8, 4) is 11.1 Å². The lowest BCUT2D eigenvalue weighted by Gasteiger charge is -2.42. The molecule has 23 heteroatoms. The molecule has 4 aromatic carbocycles. The molecule has 5 unspecified atom stereocenters. The number of carbonyl (C=O) groups excluding carboxylic acids is 9. The Labute approximate surface area is 531 Å². The average Bonchev–Trinajstić information content (AvgIpc) is 0.997. The van der Waals surface area contributed by atoms with E-state index in [9.17, 15) is 48.6 Å². The van der Waals surface area contributed by atoms with Gasteiger partial charge in [-0.25, -0.2) is 0 Å². The van der Waals surface area contributed by atoms with Crippen LogP contribution in [0.4, 0.5) is 0 Å². The van der Waals surface area contributed by atoms with Crippen molar-refractivity contribution in [1.82, 2.24) is 52.3 Å². The molecule has 9 amide bonds. The number of aliphatic hydroxyl groups is 2. The number of fused-ring (bicyclic) bond motifs is 3. The molecule has 0 spiro atoms. The number of aliphatic hydroxyl groups excluding tert-OH is 2. The van der Waals surface area contributed by atoms with E-state index in [4.69, 9.17) is 5.73 Å². The molecule has 0 saturated carbocycles. The molecule has 1 saturated heterocycles. The number of hydrogen-bond acceptors (Lipinski definition) is 14. The predicted molar refractivity (Wildman–Crippen MR) is 343 cm³/mol. The van der Waals surface area contributed by atoms with Gasteiger partial charge in [0.2, 0.25) is 47.3 Å². The number of nitrogens with zero attached hydrogens (tertiary/aromatic N) is 2. The van der Waals surface area contributed by atoms with E-state index in [2.05, 4.69) is 42.5 Å². The lowest BCUT2D eigenvalue weighted by atomic mass is 9.85. The zero-order valence-corrected chi connectivity index (χ0v) is 53.8. The first-order chi connectivity index (χ1) is 42.8. The highest BCUT2D eigenvalue weighted by atomic mass is 32.2. The molecule has 2 heterocycles. The molecule has 22 nitrogen and oxygen atoms in total. The molecule has 2 aliphatic carbocycles. The lowest BCUT2D eigenvalue weighted by Crippen LogP contribution is -2.63. The van der Waals surface area contributed by atoms with E-state index >= 15 is 4.79 Å². The number of hydrogen-bond donors (Lipinski definition) is 11. The molecule has 12 N–H and O–H groups in total. The zero-order valence-electron chi connectivity index (χ0n) is 53.0. The van der Waals surface area contributed by atoms with E-state index in [0.717, 1.165) is 65.3 Å². The van der Waals surface area contributed by atoms with Crippen LogP contribution in [0.1, 0.15) is 147 Å². The molecule has 8 rings (SSSR count). The molecular weight excluding hydrogens is 1170 g/mol. The molecule has 0 bridgehead atoms. The van der Waals surface area contributed by atoms with Gasteiger partial charge in [0.05, 0.1) is 49.2 Å². The van der Waals surface area contributed by atoms with E-state index in [0.29, 0.717) is 24.0 Å². The summed E-state index contributed by atoms with van der Waals surface area (Å²) in [6.45, 7) is 11.0. The number of benzene rings is 4. The Morgan fingerprint density at radius 1 is 0.644 bits per heavy atom. The summed E-state index contributed by atoms with van der Waals surface area (Å²) in [5.41, 5.74) is 11.8. The van der Waals surface area contributed by atoms with Crippen LogP contribution in [-0.4, -0.2) is 166 Å². The summed E-state index contributed by atoms with van der Waals surface area (Å²) in [6.07, 6.45) is 4.88. The van der Waals surface area contributed by atoms with Crippen molar-refractivity contribution in [1.29, 1.82) is 0 Å². The van der Waals surface area contributed by atoms with Crippen molar-refractivity contribution < 1.29 is 53.4 Å².